The summed E-state index contributed by atoms with van der Waals surface area (Å²) in [6.45, 7) is 5.80. The third kappa shape index (κ3) is 2.65. The maximum Gasteiger partial charge on any atom is 0.307 e. The zero-order chi connectivity index (χ0) is 15.1. The number of likely N-dealkylation sites (tertiary alicyclic amines) is 1. The summed E-state index contributed by atoms with van der Waals surface area (Å²) in [5.74, 6) is -0.406. The van der Waals surface area contributed by atoms with Crippen molar-refractivity contribution in [3.05, 3.63) is 29.3 Å². The fourth-order valence-electron chi connectivity index (χ4n) is 3.39. The van der Waals surface area contributed by atoms with E-state index in [-0.39, 0.29) is 23.7 Å². The Labute approximate surface area is 123 Å². The predicted octanol–water partition coefficient (Wildman–Crippen LogP) is 1.50. The van der Waals surface area contributed by atoms with E-state index in [1.54, 1.807) is 0 Å². The highest BCUT2D eigenvalue weighted by molar-refractivity contribution is 5.93. The molecule has 5 heteroatoms. The van der Waals surface area contributed by atoms with E-state index in [2.05, 4.69) is 10.2 Å². The quantitative estimate of drug-likeness (QED) is 0.881. The Morgan fingerprint density at radius 3 is 2.57 bits per heavy atom. The van der Waals surface area contributed by atoms with E-state index in [1.165, 1.54) is 0 Å². The molecule has 2 fully saturated rings. The maximum absolute atomic E-state index is 12.1. The molecule has 1 unspecified atom stereocenters. The number of amides is 1. The SMILES string of the molecule is Cc1cccc(NC(=O)CN2C[C@@H]3C(C(=O)O)[C@@H]3C2)c1C. The molecule has 0 radical (unpaired) electrons. The van der Waals surface area contributed by atoms with E-state index in [1.807, 2.05) is 32.0 Å². The van der Waals surface area contributed by atoms with Crippen molar-refractivity contribution in [2.24, 2.45) is 17.8 Å². The molecule has 2 N–H and O–H groups in total. The third-order valence-corrected chi connectivity index (χ3v) is 4.80. The molecule has 1 aliphatic heterocycles. The minimum Gasteiger partial charge on any atom is -0.481 e. The zero-order valence-corrected chi connectivity index (χ0v) is 12.3. The summed E-state index contributed by atoms with van der Waals surface area (Å²) < 4.78 is 0. The minimum atomic E-state index is -0.690. The molecule has 3 rings (SSSR count). The van der Waals surface area contributed by atoms with Crippen molar-refractivity contribution in [2.75, 3.05) is 25.0 Å². The maximum atomic E-state index is 12.1. The molecule has 1 aliphatic carbocycles. The lowest BCUT2D eigenvalue weighted by atomic mass is 10.1. The van der Waals surface area contributed by atoms with E-state index in [0.717, 1.165) is 29.9 Å². The van der Waals surface area contributed by atoms with Gasteiger partial charge in [-0.1, -0.05) is 12.1 Å². The van der Waals surface area contributed by atoms with Crippen molar-refractivity contribution in [3.63, 3.8) is 0 Å². The summed E-state index contributed by atoms with van der Waals surface area (Å²) in [5.41, 5.74) is 3.09. The van der Waals surface area contributed by atoms with Gasteiger partial charge in [0.1, 0.15) is 0 Å². The summed E-state index contributed by atoms with van der Waals surface area (Å²) in [4.78, 5) is 25.1. The normalized spacial score (nSPS) is 27.2. The monoisotopic (exact) mass is 288 g/mol. The van der Waals surface area contributed by atoms with Gasteiger partial charge in [0.05, 0.1) is 12.5 Å². The number of piperidine rings is 1. The Bertz CT molecular complexity index is 587. The number of benzene rings is 1. The van der Waals surface area contributed by atoms with Crippen molar-refractivity contribution in [2.45, 2.75) is 13.8 Å². The van der Waals surface area contributed by atoms with Crippen LogP contribution in [0.5, 0.6) is 0 Å². The summed E-state index contributed by atoms with van der Waals surface area (Å²) >= 11 is 0. The number of nitrogens with one attached hydrogen (secondary N) is 1. The molecule has 2 aliphatic rings. The third-order valence-electron chi connectivity index (χ3n) is 4.80. The molecule has 1 saturated heterocycles. The predicted molar refractivity (Wildman–Crippen MR) is 79.1 cm³/mol. The lowest BCUT2D eigenvalue weighted by molar-refractivity contribution is -0.139. The van der Waals surface area contributed by atoms with Crippen LogP contribution < -0.4 is 5.32 Å². The number of hydrogen-bond donors (Lipinski definition) is 2. The van der Waals surface area contributed by atoms with Gasteiger partial charge in [-0.2, -0.15) is 0 Å². The van der Waals surface area contributed by atoms with Crippen molar-refractivity contribution in [1.29, 1.82) is 0 Å². The van der Waals surface area contributed by atoms with Gasteiger partial charge in [0, 0.05) is 18.8 Å². The summed E-state index contributed by atoms with van der Waals surface area (Å²) in [5, 5.41) is 11.9. The lowest BCUT2D eigenvalue weighted by Crippen LogP contribution is -2.34. The number of nitrogens with zero attached hydrogens (tertiary/aromatic N) is 1. The number of carboxylic acids is 1. The van der Waals surface area contributed by atoms with Gasteiger partial charge in [-0.15, -0.1) is 0 Å². The van der Waals surface area contributed by atoms with Crippen LogP contribution >= 0.6 is 0 Å². The number of hydrogen-bond acceptors (Lipinski definition) is 3. The van der Waals surface area contributed by atoms with E-state index < -0.39 is 5.97 Å². The fourth-order valence-corrected chi connectivity index (χ4v) is 3.39. The molecule has 3 atom stereocenters. The molecule has 1 saturated carbocycles. The molecule has 112 valence electrons. The molecular formula is C16H20N2O3. The van der Waals surface area contributed by atoms with Gasteiger partial charge in [0.15, 0.2) is 0 Å². The topological polar surface area (TPSA) is 69.6 Å². The van der Waals surface area contributed by atoms with E-state index in [0.29, 0.717) is 6.54 Å². The van der Waals surface area contributed by atoms with Gasteiger partial charge >= 0.3 is 5.97 Å². The lowest BCUT2D eigenvalue weighted by Gasteiger charge is -2.18. The molecule has 5 nitrogen and oxygen atoms in total. The van der Waals surface area contributed by atoms with Crippen LogP contribution in [0, 0.1) is 31.6 Å². The Kier molecular flexibility index (Phi) is 3.45. The van der Waals surface area contributed by atoms with Gasteiger partial charge < -0.3 is 10.4 Å². The van der Waals surface area contributed by atoms with Crippen LogP contribution in [-0.4, -0.2) is 41.5 Å². The van der Waals surface area contributed by atoms with Crippen LogP contribution in [0.4, 0.5) is 5.69 Å². The molecule has 1 aromatic rings. The minimum absolute atomic E-state index is 0.0307. The van der Waals surface area contributed by atoms with Crippen molar-refractivity contribution >= 4 is 17.6 Å². The zero-order valence-electron chi connectivity index (χ0n) is 12.3. The molecule has 0 aromatic heterocycles. The average Bonchev–Trinajstić information content (AvgIpc) is 2.93. The van der Waals surface area contributed by atoms with Crippen molar-refractivity contribution in [1.82, 2.24) is 4.90 Å². The first-order chi connectivity index (χ1) is 9.97. The van der Waals surface area contributed by atoms with Crippen LogP contribution in [0.15, 0.2) is 18.2 Å². The molecule has 21 heavy (non-hydrogen) atoms. The van der Waals surface area contributed by atoms with E-state index in [4.69, 9.17) is 5.11 Å². The van der Waals surface area contributed by atoms with Crippen LogP contribution in [0.1, 0.15) is 11.1 Å². The number of aryl methyl sites for hydroxylation is 1. The van der Waals surface area contributed by atoms with Gasteiger partial charge in [0.25, 0.3) is 0 Å². The smallest absolute Gasteiger partial charge is 0.307 e. The molecule has 0 spiro atoms. The van der Waals surface area contributed by atoms with Crippen LogP contribution in [-0.2, 0) is 9.59 Å². The molecule has 1 amide bonds. The van der Waals surface area contributed by atoms with E-state index >= 15 is 0 Å². The highest BCUT2D eigenvalue weighted by Gasteiger charge is 2.59. The van der Waals surface area contributed by atoms with Crippen molar-refractivity contribution < 1.29 is 14.7 Å². The van der Waals surface area contributed by atoms with E-state index in [9.17, 15) is 9.59 Å². The second-order valence-electron chi connectivity index (χ2n) is 6.18. The van der Waals surface area contributed by atoms with Crippen LogP contribution in [0.3, 0.4) is 0 Å². The second-order valence-corrected chi connectivity index (χ2v) is 6.18. The Morgan fingerprint density at radius 1 is 1.29 bits per heavy atom. The number of fused-ring (bicyclic) bond motifs is 1. The number of carbonyl (C=O) groups excluding carboxylic acids is 1. The highest BCUT2D eigenvalue weighted by Crippen LogP contribution is 2.51. The van der Waals surface area contributed by atoms with Crippen molar-refractivity contribution in [3.8, 4) is 0 Å². The first kappa shape index (κ1) is 14.1. The summed E-state index contributed by atoms with van der Waals surface area (Å²) in [6.07, 6.45) is 0. The largest absolute Gasteiger partial charge is 0.481 e. The second kappa shape index (κ2) is 5.15. The summed E-state index contributed by atoms with van der Waals surface area (Å²) in [6, 6.07) is 5.85. The Morgan fingerprint density at radius 2 is 1.95 bits per heavy atom. The van der Waals surface area contributed by atoms with Gasteiger partial charge in [-0.05, 0) is 42.9 Å². The fraction of sp³-hybridized carbons (Fsp3) is 0.500. The number of rotatable bonds is 4. The molecule has 0 bridgehead atoms. The number of carbonyl (C=O) groups is 2. The first-order valence-corrected chi connectivity index (χ1v) is 7.28. The van der Waals surface area contributed by atoms with Gasteiger partial charge in [-0.3, -0.25) is 14.5 Å². The Balaban J connectivity index is 1.52. The van der Waals surface area contributed by atoms with Gasteiger partial charge in [0.2, 0.25) is 5.91 Å². The Hall–Kier alpha value is -1.88. The molecular weight excluding hydrogens is 268 g/mol. The number of aliphatic carboxylic acids is 1. The first-order valence-electron chi connectivity index (χ1n) is 7.28. The highest BCUT2D eigenvalue weighted by atomic mass is 16.4. The molecule has 1 heterocycles. The van der Waals surface area contributed by atoms with Crippen LogP contribution in [0.2, 0.25) is 0 Å². The number of anilines is 1. The standard InChI is InChI=1S/C16H20N2O3/c1-9-4-3-5-13(10(9)2)17-14(19)8-18-6-11-12(7-18)15(11)16(20)21/h3-5,11-12,15H,6-8H2,1-2H3,(H,17,19)(H,20,21)/t11-,12+,15?. The van der Waals surface area contributed by atoms with Crippen LogP contribution in [0.25, 0.3) is 0 Å². The molecule has 1 aromatic carbocycles. The van der Waals surface area contributed by atoms with Gasteiger partial charge in [-0.25, -0.2) is 0 Å². The number of carboxylic acid groups (broad SMARTS) is 1. The average molecular weight is 288 g/mol. The summed E-state index contributed by atoms with van der Waals surface area (Å²) in [7, 11) is 0.